The number of nitrogens with one attached hydrogen (secondary N) is 1. The second-order valence-electron chi connectivity index (χ2n) is 4.66. The Labute approximate surface area is 113 Å². The maximum Gasteiger partial charge on any atom is 0.225 e. The largest absolute Gasteiger partial charge is 0.466 e. The summed E-state index contributed by atoms with van der Waals surface area (Å²) < 4.78 is 5.54. The van der Waals surface area contributed by atoms with E-state index in [2.05, 4.69) is 6.07 Å². The summed E-state index contributed by atoms with van der Waals surface area (Å²) in [5, 5.41) is 16.9. The van der Waals surface area contributed by atoms with Crippen LogP contribution in [0.4, 0.5) is 0 Å². The lowest BCUT2D eigenvalue weighted by atomic mass is 9.91. The Balaban J connectivity index is 2.40. The summed E-state index contributed by atoms with van der Waals surface area (Å²) in [7, 11) is 0. The van der Waals surface area contributed by atoms with Crippen molar-refractivity contribution in [3.05, 3.63) is 53.1 Å². The zero-order chi connectivity index (χ0) is 13.9. The molecule has 0 radical (unpaired) electrons. The van der Waals surface area contributed by atoms with Gasteiger partial charge in [-0.3, -0.25) is 5.41 Å². The zero-order valence-electron chi connectivity index (χ0n) is 11.1. The van der Waals surface area contributed by atoms with E-state index in [-0.39, 0.29) is 5.90 Å². The van der Waals surface area contributed by atoms with Gasteiger partial charge in [-0.2, -0.15) is 5.26 Å². The van der Waals surface area contributed by atoms with Crippen LogP contribution in [-0.2, 0) is 4.74 Å². The summed E-state index contributed by atoms with van der Waals surface area (Å²) in [6.45, 7) is 3.90. The first kappa shape index (κ1) is 13.1. The number of ether oxygens (including phenoxy) is 1. The molecule has 0 fully saturated rings. The van der Waals surface area contributed by atoms with Gasteiger partial charge in [0.05, 0.1) is 0 Å². The number of hydrogen-bond donors (Lipinski definition) is 1. The molecule has 0 amide bonds. The monoisotopic (exact) mass is 252 g/mol. The molecule has 3 nitrogen and oxygen atoms in total. The van der Waals surface area contributed by atoms with Crippen molar-refractivity contribution in [2.24, 2.45) is 0 Å². The Kier molecular flexibility index (Phi) is 3.52. The van der Waals surface area contributed by atoms with E-state index >= 15 is 0 Å². The molecule has 1 unspecified atom stereocenters. The number of hydrogen-bond acceptors (Lipinski definition) is 3. The van der Waals surface area contributed by atoms with Crippen LogP contribution in [0.25, 0.3) is 6.08 Å². The van der Waals surface area contributed by atoms with Gasteiger partial charge in [-0.25, -0.2) is 0 Å². The lowest BCUT2D eigenvalue weighted by Gasteiger charge is -2.23. The third-order valence-electron chi connectivity index (χ3n) is 3.42. The summed E-state index contributed by atoms with van der Waals surface area (Å²) in [4.78, 5) is 0. The lowest BCUT2D eigenvalue weighted by Crippen LogP contribution is -2.26. The first-order valence-corrected chi connectivity index (χ1v) is 6.26. The fourth-order valence-corrected chi connectivity index (χ4v) is 2.09. The third-order valence-corrected chi connectivity index (χ3v) is 3.42. The van der Waals surface area contributed by atoms with Gasteiger partial charge in [0.1, 0.15) is 17.2 Å². The van der Waals surface area contributed by atoms with Crippen LogP contribution in [-0.4, -0.2) is 11.5 Å². The van der Waals surface area contributed by atoms with Gasteiger partial charge in [0.25, 0.3) is 0 Å². The predicted molar refractivity (Wildman–Crippen MR) is 75.6 cm³/mol. The highest BCUT2D eigenvalue weighted by Crippen LogP contribution is 2.36. The molecule has 0 spiro atoms. The number of benzene rings is 1. The molecule has 96 valence electrons. The van der Waals surface area contributed by atoms with Crippen LogP contribution in [0.1, 0.15) is 25.8 Å². The molecule has 0 bridgehead atoms. The Morgan fingerprint density at radius 1 is 1.32 bits per heavy atom. The van der Waals surface area contributed by atoms with Crippen LogP contribution >= 0.6 is 0 Å². The molecule has 3 heteroatoms. The molecule has 0 aromatic heterocycles. The smallest absolute Gasteiger partial charge is 0.225 e. The van der Waals surface area contributed by atoms with Crippen molar-refractivity contribution in [2.45, 2.75) is 25.9 Å². The first-order chi connectivity index (χ1) is 9.10. The molecule has 1 heterocycles. The normalized spacial score (nSPS) is 22.7. The van der Waals surface area contributed by atoms with E-state index in [1.807, 2.05) is 56.3 Å². The van der Waals surface area contributed by atoms with E-state index in [1.54, 1.807) is 0 Å². The van der Waals surface area contributed by atoms with Gasteiger partial charge in [0.15, 0.2) is 0 Å². The summed E-state index contributed by atoms with van der Waals surface area (Å²) in [6.07, 6.45) is 4.55. The van der Waals surface area contributed by atoms with Crippen molar-refractivity contribution in [1.29, 1.82) is 10.7 Å². The lowest BCUT2D eigenvalue weighted by molar-refractivity contribution is 0.126. The molecular formula is C16H16N2O. The maximum atomic E-state index is 9.17. The Morgan fingerprint density at radius 2 is 2.00 bits per heavy atom. The van der Waals surface area contributed by atoms with Crippen LogP contribution < -0.4 is 0 Å². The van der Waals surface area contributed by atoms with E-state index in [0.29, 0.717) is 5.57 Å². The summed E-state index contributed by atoms with van der Waals surface area (Å²) in [6, 6.07) is 11.9. The van der Waals surface area contributed by atoms with Crippen molar-refractivity contribution < 1.29 is 4.74 Å². The predicted octanol–water partition coefficient (Wildman–Crippen LogP) is 3.70. The molecule has 0 aliphatic carbocycles. The van der Waals surface area contributed by atoms with Gasteiger partial charge in [-0.1, -0.05) is 49.4 Å². The van der Waals surface area contributed by atoms with Gasteiger partial charge in [-0.05, 0) is 18.9 Å². The topological polar surface area (TPSA) is 56.9 Å². The third kappa shape index (κ3) is 2.43. The van der Waals surface area contributed by atoms with Crippen molar-refractivity contribution in [2.75, 3.05) is 0 Å². The number of nitrogens with zero attached hydrogens (tertiary/aromatic N) is 1. The van der Waals surface area contributed by atoms with Gasteiger partial charge >= 0.3 is 0 Å². The highest BCUT2D eigenvalue weighted by atomic mass is 16.5. The molecule has 1 N–H and O–H groups in total. The first-order valence-electron chi connectivity index (χ1n) is 6.26. The molecule has 1 aromatic carbocycles. The quantitative estimate of drug-likeness (QED) is 0.891. The van der Waals surface area contributed by atoms with E-state index in [0.717, 1.165) is 17.6 Å². The molecule has 1 atom stereocenters. The van der Waals surface area contributed by atoms with Crippen LogP contribution in [0.3, 0.4) is 0 Å². The highest BCUT2D eigenvalue weighted by molar-refractivity contribution is 6.00. The van der Waals surface area contributed by atoms with Crippen molar-refractivity contribution >= 4 is 12.0 Å². The Bertz CT molecular complexity index is 593. The van der Waals surface area contributed by atoms with Crippen molar-refractivity contribution in [3.63, 3.8) is 0 Å². The summed E-state index contributed by atoms with van der Waals surface area (Å²) >= 11 is 0. The summed E-state index contributed by atoms with van der Waals surface area (Å²) in [5.41, 5.74) is 1.60. The van der Waals surface area contributed by atoms with E-state index in [9.17, 15) is 0 Å². The van der Waals surface area contributed by atoms with Gasteiger partial charge in [0, 0.05) is 5.57 Å². The molecule has 1 aromatic rings. The average molecular weight is 252 g/mol. The van der Waals surface area contributed by atoms with Crippen molar-refractivity contribution in [3.8, 4) is 6.07 Å². The highest BCUT2D eigenvalue weighted by Gasteiger charge is 2.39. The molecule has 0 saturated heterocycles. The van der Waals surface area contributed by atoms with Crippen LogP contribution in [0, 0.1) is 16.7 Å². The van der Waals surface area contributed by atoms with Crippen LogP contribution in [0.2, 0.25) is 0 Å². The van der Waals surface area contributed by atoms with Gasteiger partial charge < -0.3 is 4.74 Å². The Morgan fingerprint density at radius 3 is 2.58 bits per heavy atom. The maximum absolute atomic E-state index is 9.17. The average Bonchev–Trinajstić information content (AvgIpc) is 2.68. The zero-order valence-corrected chi connectivity index (χ0v) is 11.1. The van der Waals surface area contributed by atoms with Crippen LogP contribution in [0.5, 0.6) is 0 Å². The SMILES string of the molecule is CCC1(C)OC(=N)C(C#N)=C1C=Cc1ccccc1. The minimum absolute atomic E-state index is 0.0282. The fraction of sp³-hybridized carbons (Fsp3) is 0.250. The number of nitriles is 1. The Hall–Kier alpha value is -2.34. The molecule has 1 aliphatic heterocycles. The molecule has 0 saturated carbocycles. The minimum Gasteiger partial charge on any atom is -0.466 e. The van der Waals surface area contributed by atoms with E-state index in [1.165, 1.54) is 0 Å². The second kappa shape index (κ2) is 5.11. The minimum atomic E-state index is -0.576. The summed E-state index contributed by atoms with van der Waals surface area (Å²) in [5.74, 6) is -0.0282. The second-order valence-corrected chi connectivity index (χ2v) is 4.66. The van der Waals surface area contributed by atoms with Crippen molar-refractivity contribution in [1.82, 2.24) is 0 Å². The molecular weight excluding hydrogens is 236 g/mol. The number of rotatable bonds is 3. The standard InChI is InChI=1S/C16H16N2O/c1-3-16(2)14(13(11-17)15(18)19-16)10-9-12-7-5-4-6-8-12/h4-10,18H,3H2,1-2H3. The molecule has 19 heavy (non-hydrogen) atoms. The van der Waals surface area contributed by atoms with E-state index < -0.39 is 5.60 Å². The molecule has 2 rings (SSSR count). The van der Waals surface area contributed by atoms with E-state index in [4.69, 9.17) is 15.4 Å². The molecule has 1 aliphatic rings. The van der Waals surface area contributed by atoms with Gasteiger partial charge in [0.2, 0.25) is 5.90 Å². The van der Waals surface area contributed by atoms with Crippen LogP contribution in [0.15, 0.2) is 47.6 Å². The fourth-order valence-electron chi connectivity index (χ4n) is 2.09. The van der Waals surface area contributed by atoms with Gasteiger partial charge in [-0.15, -0.1) is 0 Å².